The van der Waals surface area contributed by atoms with Gasteiger partial charge in [0.2, 0.25) is 0 Å². The van der Waals surface area contributed by atoms with E-state index in [0.717, 1.165) is 19.3 Å². The zero-order valence-electron chi connectivity index (χ0n) is 13.3. The van der Waals surface area contributed by atoms with Crippen LogP contribution in [0.2, 0.25) is 0 Å². The molecule has 0 unspecified atom stereocenters. The molecule has 0 aromatic heterocycles. The van der Waals surface area contributed by atoms with Crippen molar-refractivity contribution in [3.8, 4) is 0 Å². The molecule has 0 N–H and O–H groups in total. The Morgan fingerprint density at radius 3 is 2.25 bits per heavy atom. The Balaban J connectivity index is 2.05. The average molecular weight is 274 g/mol. The van der Waals surface area contributed by atoms with E-state index in [-0.39, 0.29) is 0 Å². The van der Waals surface area contributed by atoms with Gasteiger partial charge in [-0.3, -0.25) is 4.79 Å². The first kappa shape index (κ1) is 16.9. The summed E-state index contributed by atoms with van der Waals surface area (Å²) in [5, 5.41) is 0. The molecule has 1 heteroatoms. The van der Waals surface area contributed by atoms with E-state index in [2.05, 4.69) is 38.1 Å². The first-order chi connectivity index (χ1) is 9.74. The van der Waals surface area contributed by atoms with E-state index in [9.17, 15) is 4.79 Å². The molecule has 0 aliphatic heterocycles. The molecule has 1 nitrogen and oxygen atoms in total. The monoisotopic (exact) mass is 274 g/mol. The van der Waals surface area contributed by atoms with E-state index in [0.29, 0.717) is 12.2 Å². The Morgan fingerprint density at radius 2 is 1.55 bits per heavy atom. The summed E-state index contributed by atoms with van der Waals surface area (Å²) < 4.78 is 0. The molecule has 112 valence electrons. The van der Waals surface area contributed by atoms with Gasteiger partial charge >= 0.3 is 0 Å². The zero-order chi connectivity index (χ0) is 14.6. The minimum absolute atomic E-state index is 0.432. The molecule has 0 heterocycles. The van der Waals surface area contributed by atoms with Crippen molar-refractivity contribution >= 4 is 5.78 Å². The van der Waals surface area contributed by atoms with Crippen LogP contribution in [-0.4, -0.2) is 5.78 Å². The van der Waals surface area contributed by atoms with Crippen LogP contribution in [0, 0.1) is 6.92 Å². The van der Waals surface area contributed by atoms with Gasteiger partial charge in [0, 0.05) is 12.8 Å². The van der Waals surface area contributed by atoms with Gasteiger partial charge in [-0.25, -0.2) is 0 Å². The molecule has 0 aliphatic carbocycles. The second-order valence-corrected chi connectivity index (χ2v) is 5.84. The number of carbonyl (C=O) groups excluding carboxylic acids is 1. The molecule has 0 bridgehead atoms. The third kappa shape index (κ3) is 7.47. The highest BCUT2D eigenvalue weighted by molar-refractivity contribution is 5.78. The van der Waals surface area contributed by atoms with E-state index >= 15 is 0 Å². The minimum atomic E-state index is 0.432. The number of rotatable bonds is 11. The Hall–Kier alpha value is -1.11. The van der Waals surface area contributed by atoms with Crippen molar-refractivity contribution in [1.82, 2.24) is 0 Å². The molecule has 0 radical (unpaired) electrons. The van der Waals surface area contributed by atoms with Crippen LogP contribution in [0.4, 0.5) is 0 Å². The highest BCUT2D eigenvalue weighted by Gasteiger charge is 2.04. The number of ketones is 1. The van der Waals surface area contributed by atoms with Crippen LogP contribution < -0.4 is 0 Å². The number of unbranched alkanes of at least 4 members (excludes halogenated alkanes) is 6. The molecule has 0 saturated heterocycles. The smallest absolute Gasteiger partial charge is 0.133 e. The molecule has 0 saturated carbocycles. The van der Waals surface area contributed by atoms with Crippen LogP contribution in [0.1, 0.15) is 75.8 Å². The van der Waals surface area contributed by atoms with Crippen LogP contribution in [0.25, 0.3) is 0 Å². The lowest BCUT2D eigenvalue weighted by Gasteiger charge is -2.05. The molecule has 0 fully saturated rings. The van der Waals surface area contributed by atoms with Crippen molar-refractivity contribution in [2.45, 2.75) is 78.1 Å². The van der Waals surface area contributed by atoms with E-state index in [1.54, 1.807) is 0 Å². The standard InChI is InChI=1S/C19H30O/c1-3-4-5-6-7-8-9-14-19(20)16-15-18-13-11-10-12-17(18)2/h10-13H,3-9,14-16H2,1-2H3. The van der Waals surface area contributed by atoms with Gasteiger partial charge < -0.3 is 0 Å². The fourth-order valence-corrected chi connectivity index (χ4v) is 2.57. The third-order valence-corrected chi connectivity index (χ3v) is 3.99. The van der Waals surface area contributed by atoms with Crippen molar-refractivity contribution in [3.05, 3.63) is 35.4 Å². The Labute approximate surface area is 124 Å². The SMILES string of the molecule is CCCCCCCCCC(=O)CCc1ccccc1C. The quantitative estimate of drug-likeness (QED) is 0.477. The number of carbonyl (C=O) groups is 1. The average Bonchev–Trinajstić information content (AvgIpc) is 2.45. The summed E-state index contributed by atoms with van der Waals surface area (Å²) in [7, 11) is 0. The second kappa shape index (κ2) is 10.7. The zero-order valence-corrected chi connectivity index (χ0v) is 13.3. The molecular weight excluding hydrogens is 244 g/mol. The van der Waals surface area contributed by atoms with Gasteiger partial charge in [0.15, 0.2) is 0 Å². The van der Waals surface area contributed by atoms with Gasteiger partial charge in [-0.1, -0.05) is 69.7 Å². The minimum Gasteiger partial charge on any atom is -0.300 e. The summed E-state index contributed by atoms with van der Waals surface area (Å²) in [6.45, 7) is 4.36. The summed E-state index contributed by atoms with van der Waals surface area (Å²) in [4.78, 5) is 11.9. The maximum Gasteiger partial charge on any atom is 0.133 e. The van der Waals surface area contributed by atoms with Crippen molar-refractivity contribution in [2.75, 3.05) is 0 Å². The Morgan fingerprint density at radius 1 is 0.900 bits per heavy atom. The Bertz CT molecular complexity index is 381. The number of benzene rings is 1. The summed E-state index contributed by atoms with van der Waals surface area (Å²) in [5.41, 5.74) is 2.62. The number of hydrogen-bond acceptors (Lipinski definition) is 1. The van der Waals surface area contributed by atoms with E-state index < -0.39 is 0 Å². The molecule has 1 rings (SSSR count). The lowest BCUT2D eigenvalue weighted by Crippen LogP contribution is -2.01. The molecule has 0 amide bonds. The van der Waals surface area contributed by atoms with E-state index in [1.807, 2.05) is 0 Å². The molecule has 0 aliphatic rings. The highest BCUT2D eigenvalue weighted by atomic mass is 16.1. The van der Waals surface area contributed by atoms with Gasteiger partial charge in [-0.05, 0) is 30.9 Å². The molecule has 0 atom stereocenters. The molecule has 20 heavy (non-hydrogen) atoms. The molecule has 1 aromatic rings. The molecular formula is C19H30O. The van der Waals surface area contributed by atoms with Crippen molar-refractivity contribution in [2.24, 2.45) is 0 Å². The summed E-state index contributed by atoms with van der Waals surface area (Å²) >= 11 is 0. The topological polar surface area (TPSA) is 17.1 Å². The van der Waals surface area contributed by atoms with Crippen LogP contribution in [0.15, 0.2) is 24.3 Å². The van der Waals surface area contributed by atoms with E-state index in [4.69, 9.17) is 0 Å². The van der Waals surface area contributed by atoms with Gasteiger partial charge in [0.1, 0.15) is 5.78 Å². The van der Waals surface area contributed by atoms with Gasteiger partial charge in [0.05, 0.1) is 0 Å². The second-order valence-electron chi connectivity index (χ2n) is 5.84. The first-order valence-electron chi connectivity index (χ1n) is 8.30. The lowest BCUT2D eigenvalue weighted by molar-refractivity contribution is -0.119. The van der Waals surface area contributed by atoms with Crippen molar-refractivity contribution in [3.63, 3.8) is 0 Å². The largest absolute Gasteiger partial charge is 0.300 e. The predicted octanol–water partition coefficient (Wildman–Crippen LogP) is 5.64. The fraction of sp³-hybridized carbons (Fsp3) is 0.632. The lowest BCUT2D eigenvalue weighted by atomic mass is 10.00. The maximum atomic E-state index is 11.9. The summed E-state index contributed by atoms with van der Waals surface area (Å²) in [5.74, 6) is 0.432. The van der Waals surface area contributed by atoms with Crippen LogP contribution >= 0.6 is 0 Å². The van der Waals surface area contributed by atoms with Crippen molar-refractivity contribution < 1.29 is 4.79 Å². The summed E-state index contributed by atoms with van der Waals surface area (Å²) in [6, 6.07) is 8.37. The molecule has 0 spiro atoms. The van der Waals surface area contributed by atoms with E-state index in [1.165, 1.54) is 49.7 Å². The van der Waals surface area contributed by atoms with Gasteiger partial charge in [-0.2, -0.15) is 0 Å². The predicted molar refractivity (Wildman–Crippen MR) is 87.1 cm³/mol. The summed E-state index contributed by atoms with van der Waals surface area (Å²) in [6.07, 6.45) is 11.3. The normalized spacial score (nSPS) is 10.7. The molecule has 1 aromatic carbocycles. The van der Waals surface area contributed by atoms with Gasteiger partial charge in [0.25, 0.3) is 0 Å². The van der Waals surface area contributed by atoms with Crippen LogP contribution in [0.5, 0.6) is 0 Å². The number of Topliss-reactive ketones (excluding diaryl/α,β-unsaturated/α-hetero) is 1. The number of aryl methyl sites for hydroxylation is 2. The van der Waals surface area contributed by atoms with Crippen LogP contribution in [0.3, 0.4) is 0 Å². The Kier molecular flexibility index (Phi) is 9.02. The highest BCUT2D eigenvalue weighted by Crippen LogP contribution is 2.12. The third-order valence-electron chi connectivity index (χ3n) is 3.99. The fourth-order valence-electron chi connectivity index (χ4n) is 2.57. The van der Waals surface area contributed by atoms with Gasteiger partial charge in [-0.15, -0.1) is 0 Å². The number of hydrogen-bond donors (Lipinski definition) is 0. The van der Waals surface area contributed by atoms with Crippen LogP contribution in [-0.2, 0) is 11.2 Å². The maximum absolute atomic E-state index is 11.9. The van der Waals surface area contributed by atoms with Crippen molar-refractivity contribution in [1.29, 1.82) is 0 Å². The first-order valence-corrected chi connectivity index (χ1v) is 8.30.